The van der Waals surface area contributed by atoms with Crippen LogP contribution in [0.5, 0.6) is 0 Å². The Hall–Kier alpha value is -2.25. The van der Waals surface area contributed by atoms with Gasteiger partial charge in [0.2, 0.25) is 0 Å². The maximum absolute atomic E-state index is 13.1. The lowest BCUT2D eigenvalue weighted by atomic mass is 9.98. The van der Waals surface area contributed by atoms with Crippen molar-refractivity contribution in [1.29, 1.82) is 0 Å². The average Bonchev–Trinajstić information content (AvgIpc) is 2.75. The first-order chi connectivity index (χ1) is 14.8. The summed E-state index contributed by atoms with van der Waals surface area (Å²) < 4.78 is 11.0. The van der Waals surface area contributed by atoms with Crippen LogP contribution < -0.4 is 10.2 Å². The fourth-order valence-corrected chi connectivity index (χ4v) is 3.51. The predicted octanol–water partition coefficient (Wildman–Crippen LogP) is 2.86. The van der Waals surface area contributed by atoms with Crippen molar-refractivity contribution in [1.82, 2.24) is 5.32 Å². The van der Waals surface area contributed by atoms with Gasteiger partial charge in [-0.1, -0.05) is 42.5 Å². The molecule has 0 bridgehead atoms. The summed E-state index contributed by atoms with van der Waals surface area (Å²) in [4.78, 5) is 15.2. The second-order valence-electron chi connectivity index (χ2n) is 8.19. The van der Waals surface area contributed by atoms with Gasteiger partial charge >= 0.3 is 0 Å². The molecule has 6 heteroatoms. The molecule has 0 aliphatic rings. The molecule has 0 heterocycles. The topological polar surface area (TPSA) is 71.0 Å². The molecule has 0 radical (unpaired) electrons. The standard InChI is InChI=1S/C25H36N2O4/c1-18-13-20(11-12-23(18)27(3)4)14-24(25(29)21-9-7-6-8-10-21)31-17-22(28)15-26-19(2)16-30-5/h6-13,19,22,24,26,28H,14-17H2,1-5H3. The number of carbonyl (C=O) groups is 1. The molecule has 170 valence electrons. The molecule has 0 aromatic heterocycles. The number of methoxy groups -OCH3 is 1. The molecule has 2 aromatic rings. The number of rotatable bonds is 13. The molecule has 2 N–H and O–H groups in total. The highest BCUT2D eigenvalue weighted by Crippen LogP contribution is 2.21. The van der Waals surface area contributed by atoms with E-state index in [0.29, 0.717) is 25.1 Å². The summed E-state index contributed by atoms with van der Waals surface area (Å²) in [6, 6.07) is 15.5. The number of ketones is 1. The Labute approximate surface area is 186 Å². The first kappa shape index (κ1) is 25.0. The minimum absolute atomic E-state index is 0.0741. The van der Waals surface area contributed by atoms with Crippen molar-refractivity contribution >= 4 is 11.5 Å². The normalized spacial score (nSPS) is 14.1. The van der Waals surface area contributed by atoms with Crippen molar-refractivity contribution in [3.8, 4) is 0 Å². The van der Waals surface area contributed by atoms with Gasteiger partial charge in [-0.15, -0.1) is 0 Å². The number of Topliss-reactive ketones (excluding diaryl/α,β-unsaturated/α-hetero) is 1. The van der Waals surface area contributed by atoms with Gasteiger partial charge in [-0.2, -0.15) is 0 Å². The van der Waals surface area contributed by atoms with Crippen LogP contribution in [0.1, 0.15) is 28.4 Å². The Morgan fingerprint density at radius 1 is 1.13 bits per heavy atom. The molecule has 0 aliphatic heterocycles. The third-order valence-corrected chi connectivity index (χ3v) is 5.12. The number of ether oxygens (including phenoxy) is 2. The fraction of sp³-hybridized carbons (Fsp3) is 0.480. The minimum atomic E-state index is -0.719. The van der Waals surface area contributed by atoms with Crippen molar-refractivity contribution in [3.05, 3.63) is 65.2 Å². The summed E-state index contributed by atoms with van der Waals surface area (Å²) in [6.07, 6.45) is -0.941. The SMILES string of the molecule is COCC(C)NCC(O)COC(Cc1ccc(N(C)C)c(C)c1)C(=O)c1ccccc1. The molecule has 0 saturated heterocycles. The van der Waals surface area contributed by atoms with Crippen LogP contribution in [-0.2, 0) is 15.9 Å². The van der Waals surface area contributed by atoms with Gasteiger partial charge in [0.05, 0.1) is 19.3 Å². The molecular weight excluding hydrogens is 392 g/mol. The van der Waals surface area contributed by atoms with Crippen LogP contribution in [0.3, 0.4) is 0 Å². The molecule has 0 saturated carbocycles. The zero-order valence-electron chi connectivity index (χ0n) is 19.3. The first-order valence-electron chi connectivity index (χ1n) is 10.7. The number of anilines is 1. The number of aliphatic hydroxyl groups is 1. The molecule has 2 rings (SSSR count). The number of aryl methyl sites for hydroxylation is 1. The molecule has 31 heavy (non-hydrogen) atoms. The molecule has 6 nitrogen and oxygen atoms in total. The maximum Gasteiger partial charge on any atom is 0.191 e. The van der Waals surface area contributed by atoms with Crippen molar-refractivity contribution in [2.75, 3.05) is 45.9 Å². The van der Waals surface area contributed by atoms with E-state index in [-0.39, 0.29) is 18.4 Å². The Kier molecular flexibility index (Phi) is 10.1. The molecule has 3 unspecified atom stereocenters. The van der Waals surface area contributed by atoms with Crippen molar-refractivity contribution < 1.29 is 19.4 Å². The van der Waals surface area contributed by atoms with Gasteiger partial charge in [0.15, 0.2) is 5.78 Å². The molecule has 0 aliphatic carbocycles. The Balaban J connectivity index is 2.08. The van der Waals surface area contributed by atoms with E-state index >= 15 is 0 Å². The van der Waals surface area contributed by atoms with Crippen molar-refractivity contribution in [2.45, 2.75) is 38.5 Å². The van der Waals surface area contributed by atoms with E-state index in [1.807, 2.05) is 45.3 Å². The second-order valence-corrected chi connectivity index (χ2v) is 8.19. The quantitative estimate of drug-likeness (QED) is 0.478. The van der Waals surface area contributed by atoms with Crippen LogP contribution in [0.2, 0.25) is 0 Å². The van der Waals surface area contributed by atoms with E-state index in [2.05, 4.69) is 29.3 Å². The van der Waals surface area contributed by atoms with Crippen LogP contribution in [-0.4, -0.2) is 70.1 Å². The smallest absolute Gasteiger partial charge is 0.191 e. The fourth-order valence-electron chi connectivity index (χ4n) is 3.51. The van der Waals surface area contributed by atoms with Crippen LogP contribution >= 0.6 is 0 Å². The minimum Gasteiger partial charge on any atom is -0.389 e. The lowest BCUT2D eigenvalue weighted by Crippen LogP contribution is -2.39. The van der Waals surface area contributed by atoms with E-state index in [1.165, 1.54) is 0 Å². The van der Waals surface area contributed by atoms with E-state index in [9.17, 15) is 9.90 Å². The Bertz CT molecular complexity index is 810. The second kappa shape index (κ2) is 12.6. The van der Waals surface area contributed by atoms with E-state index in [0.717, 1.165) is 16.8 Å². The highest BCUT2D eigenvalue weighted by Gasteiger charge is 2.23. The molecule has 3 atom stereocenters. The van der Waals surface area contributed by atoms with E-state index in [1.54, 1.807) is 19.2 Å². The van der Waals surface area contributed by atoms with E-state index < -0.39 is 12.2 Å². The largest absolute Gasteiger partial charge is 0.389 e. The number of hydrogen-bond acceptors (Lipinski definition) is 6. The Morgan fingerprint density at radius 3 is 2.45 bits per heavy atom. The summed E-state index contributed by atoms with van der Waals surface area (Å²) in [5, 5.41) is 13.5. The van der Waals surface area contributed by atoms with Crippen molar-refractivity contribution in [3.63, 3.8) is 0 Å². The molecule has 0 fully saturated rings. The van der Waals surface area contributed by atoms with Gasteiger partial charge in [0.1, 0.15) is 6.10 Å². The van der Waals surface area contributed by atoms with Crippen molar-refractivity contribution in [2.24, 2.45) is 0 Å². The van der Waals surface area contributed by atoms with Crippen LogP contribution in [0, 0.1) is 6.92 Å². The third-order valence-electron chi connectivity index (χ3n) is 5.12. The predicted molar refractivity (Wildman–Crippen MR) is 125 cm³/mol. The highest BCUT2D eigenvalue weighted by molar-refractivity contribution is 5.99. The monoisotopic (exact) mass is 428 g/mol. The number of aliphatic hydroxyl groups excluding tert-OH is 1. The van der Waals surface area contributed by atoms with E-state index in [4.69, 9.17) is 9.47 Å². The average molecular weight is 429 g/mol. The zero-order chi connectivity index (χ0) is 22.8. The summed E-state index contributed by atoms with van der Waals surface area (Å²) in [5.41, 5.74) is 3.92. The molecular formula is C25H36N2O4. The number of hydrogen-bond donors (Lipinski definition) is 2. The highest BCUT2D eigenvalue weighted by atomic mass is 16.5. The molecule has 0 amide bonds. The number of nitrogens with one attached hydrogen (secondary N) is 1. The summed E-state index contributed by atoms with van der Waals surface area (Å²) in [7, 11) is 5.66. The maximum atomic E-state index is 13.1. The first-order valence-corrected chi connectivity index (χ1v) is 10.7. The summed E-state index contributed by atoms with van der Waals surface area (Å²) >= 11 is 0. The number of carbonyl (C=O) groups excluding carboxylic acids is 1. The van der Waals surface area contributed by atoms with Gasteiger partial charge in [-0.3, -0.25) is 4.79 Å². The van der Waals surface area contributed by atoms with Gasteiger partial charge in [0.25, 0.3) is 0 Å². The Morgan fingerprint density at radius 2 is 1.84 bits per heavy atom. The van der Waals surface area contributed by atoms with Gasteiger partial charge in [0, 0.05) is 51.5 Å². The third kappa shape index (κ3) is 8.07. The molecule has 0 spiro atoms. The zero-order valence-corrected chi connectivity index (χ0v) is 19.3. The van der Waals surface area contributed by atoms with Gasteiger partial charge in [-0.25, -0.2) is 0 Å². The summed E-state index contributed by atoms with van der Waals surface area (Å²) in [6.45, 7) is 5.05. The van der Waals surface area contributed by atoms with Gasteiger partial charge in [-0.05, 0) is 31.0 Å². The molecule has 2 aromatic carbocycles. The lowest BCUT2D eigenvalue weighted by molar-refractivity contribution is -0.00297. The van der Waals surface area contributed by atoms with Crippen LogP contribution in [0.15, 0.2) is 48.5 Å². The van der Waals surface area contributed by atoms with Gasteiger partial charge < -0.3 is 24.8 Å². The summed E-state index contributed by atoms with van der Waals surface area (Å²) in [5.74, 6) is -0.0807. The van der Waals surface area contributed by atoms with Crippen LogP contribution in [0.25, 0.3) is 0 Å². The lowest BCUT2D eigenvalue weighted by Gasteiger charge is -2.22. The number of nitrogens with zero attached hydrogens (tertiary/aromatic N) is 1. The van der Waals surface area contributed by atoms with Crippen LogP contribution in [0.4, 0.5) is 5.69 Å². The number of benzene rings is 2.